The number of benzene rings is 1. The van der Waals surface area contributed by atoms with Gasteiger partial charge in [-0.15, -0.1) is 13.2 Å². The SMILES string of the molecule is OCc1ccc(OC(F)F)cc1OC(F)(F)F. The topological polar surface area (TPSA) is 38.7 Å². The van der Waals surface area contributed by atoms with Gasteiger partial charge in [0.1, 0.15) is 11.5 Å². The average Bonchev–Trinajstić information content (AvgIpc) is 2.14. The van der Waals surface area contributed by atoms with Gasteiger partial charge in [0.2, 0.25) is 0 Å². The van der Waals surface area contributed by atoms with Gasteiger partial charge >= 0.3 is 13.0 Å². The number of hydrogen-bond acceptors (Lipinski definition) is 3. The van der Waals surface area contributed by atoms with Crippen molar-refractivity contribution in [2.45, 2.75) is 19.6 Å². The fourth-order valence-corrected chi connectivity index (χ4v) is 1.06. The first-order valence-corrected chi connectivity index (χ1v) is 4.26. The minimum Gasteiger partial charge on any atom is -0.435 e. The third-order valence-electron chi connectivity index (χ3n) is 1.66. The molecule has 0 saturated carbocycles. The van der Waals surface area contributed by atoms with Crippen molar-refractivity contribution in [1.29, 1.82) is 0 Å². The minimum absolute atomic E-state index is 0.191. The van der Waals surface area contributed by atoms with E-state index in [4.69, 9.17) is 5.11 Å². The molecule has 1 N–H and O–H groups in total. The van der Waals surface area contributed by atoms with E-state index in [1.807, 2.05) is 0 Å². The van der Waals surface area contributed by atoms with Crippen molar-refractivity contribution >= 4 is 0 Å². The van der Waals surface area contributed by atoms with Gasteiger partial charge in [0, 0.05) is 11.6 Å². The Labute approximate surface area is 92.4 Å². The van der Waals surface area contributed by atoms with Gasteiger partial charge in [-0.05, 0) is 12.1 Å². The summed E-state index contributed by atoms with van der Waals surface area (Å²) in [5.41, 5.74) is -0.191. The third kappa shape index (κ3) is 4.43. The van der Waals surface area contributed by atoms with Crippen LogP contribution in [-0.4, -0.2) is 18.1 Å². The normalized spacial score (nSPS) is 11.7. The maximum atomic E-state index is 12.0. The first-order valence-electron chi connectivity index (χ1n) is 4.26. The lowest BCUT2D eigenvalue weighted by Gasteiger charge is -2.13. The van der Waals surface area contributed by atoms with Crippen LogP contribution in [0, 0.1) is 0 Å². The molecule has 0 heterocycles. The monoisotopic (exact) mass is 258 g/mol. The molecular formula is C9H7F5O3. The Hall–Kier alpha value is -1.57. The van der Waals surface area contributed by atoms with Crippen LogP contribution in [0.15, 0.2) is 18.2 Å². The summed E-state index contributed by atoms with van der Waals surface area (Å²) in [7, 11) is 0. The van der Waals surface area contributed by atoms with Gasteiger partial charge in [0.15, 0.2) is 0 Å². The zero-order valence-electron chi connectivity index (χ0n) is 8.17. The van der Waals surface area contributed by atoms with Crippen LogP contribution < -0.4 is 9.47 Å². The summed E-state index contributed by atoms with van der Waals surface area (Å²) < 4.78 is 67.0. The maximum Gasteiger partial charge on any atom is 0.573 e. The van der Waals surface area contributed by atoms with Crippen molar-refractivity contribution in [1.82, 2.24) is 0 Å². The molecular weight excluding hydrogens is 251 g/mol. The molecule has 1 aromatic carbocycles. The van der Waals surface area contributed by atoms with Crippen molar-refractivity contribution in [2.24, 2.45) is 0 Å². The lowest BCUT2D eigenvalue weighted by atomic mass is 10.2. The summed E-state index contributed by atoms with van der Waals surface area (Å²) in [4.78, 5) is 0. The van der Waals surface area contributed by atoms with Gasteiger partial charge in [0.25, 0.3) is 0 Å². The molecule has 3 nitrogen and oxygen atoms in total. The first-order chi connectivity index (χ1) is 7.81. The number of hydrogen-bond donors (Lipinski definition) is 1. The zero-order valence-corrected chi connectivity index (χ0v) is 8.17. The van der Waals surface area contributed by atoms with Gasteiger partial charge in [0.05, 0.1) is 6.61 Å². The van der Waals surface area contributed by atoms with E-state index in [2.05, 4.69) is 9.47 Å². The van der Waals surface area contributed by atoms with Crippen LogP contribution in [0.3, 0.4) is 0 Å². The van der Waals surface area contributed by atoms with Gasteiger partial charge in [-0.3, -0.25) is 0 Å². The van der Waals surface area contributed by atoms with E-state index < -0.39 is 31.1 Å². The van der Waals surface area contributed by atoms with E-state index >= 15 is 0 Å². The highest BCUT2D eigenvalue weighted by Crippen LogP contribution is 2.30. The second-order valence-electron chi connectivity index (χ2n) is 2.85. The number of ether oxygens (including phenoxy) is 2. The molecule has 17 heavy (non-hydrogen) atoms. The Morgan fingerprint density at radius 1 is 1.24 bits per heavy atom. The lowest BCUT2D eigenvalue weighted by molar-refractivity contribution is -0.275. The first kappa shape index (κ1) is 13.5. The highest BCUT2D eigenvalue weighted by molar-refractivity contribution is 5.40. The van der Waals surface area contributed by atoms with Gasteiger partial charge in [-0.2, -0.15) is 8.78 Å². The summed E-state index contributed by atoms with van der Waals surface area (Å²) in [6, 6.07) is 2.63. The second-order valence-corrected chi connectivity index (χ2v) is 2.85. The van der Waals surface area contributed by atoms with E-state index in [9.17, 15) is 22.0 Å². The molecule has 8 heteroatoms. The molecule has 0 aliphatic heterocycles. The number of alkyl halides is 5. The molecule has 0 fully saturated rings. The van der Waals surface area contributed by atoms with E-state index in [0.29, 0.717) is 6.07 Å². The number of aliphatic hydroxyl groups excluding tert-OH is 1. The van der Waals surface area contributed by atoms with E-state index in [0.717, 1.165) is 12.1 Å². The average molecular weight is 258 g/mol. The fourth-order valence-electron chi connectivity index (χ4n) is 1.06. The van der Waals surface area contributed by atoms with Gasteiger partial charge in [-0.1, -0.05) is 0 Å². The van der Waals surface area contributed by atoms with E-state index in [1.54, 1.807) is 0 Å². The Balaban J connectivity index is 2.98. The van der Waals surface area contributed by atoms with Crippen molar-refractivity contribution in [3.63, 3.8) is 0 Å². The molecule has 0 bridgehead atoms. The van der Waals surface area contributed by atoms with Crippen LogP contribution in [0.4, 0.5) is 22.0 Å². The minimum atomic E-state index is -4.98. The van der Waals surface area contributed by atoms with Crippen molar-refractivity contribution in [3.8, 4) is 11.5 Å². The van der Waals surface area contributed by atoms with Crippen LogP contribution in [-0.2, 0) is 6.61 Å². The van der Waals surface area contributed by atoms with Gasteiger partial charge < -0.3 is 14.6 Å². The smallest absolute Gasteiger partial charge is 0.435 e. The Morgan fingerprint density at radius 3 is 2.35 bits per heavy atom. The molecule has 1 rings (SSSR count). The molecule has 0 aliphatic rings. The zero-order chi connectivity index (χ0) is 13.1. The molecule has 0 atom stereocenters. The highest BCUT2D eigenvalue weighted by atomic mass is 19.4. The summed E-state index contributed by atoms with van der Waals surface area (Å²) in [5.74, 6) is -1.27. The third-order valence-corrected chi connectivity index (χ3v) is 1.66. The van der Waals surface area contributed by atoms with Crippen molar-refractivity contribution in [2.75, 3.05) is 0 Å². The largest absolute Gasteiger partial charge is 0.573 e. The summed E-state index contributed by atoms with van der Waals surface area (Å²) in [6.07, 6.45) is -4.98. The molecule has 0 aliphatic carbocycles. The molecule has 0 amide bonds. The molecule has 0 radical (unpaired) electrons. The lowest BCUT2D eigenvalue weighted by Crippen LogP contribution is -2.18. The van der Waals surface area contributed by atoms with Crippen molar-refractivity contribution < 1.29 is 36.5 Å². The second kappa shape index (κ2) is 5.17. The highest BCUT2D eigenvalue weighted by Gasteiger charge is 2.32. The molecule has 1 aromatic rings. The van der Waals surface area contributed by atoms with Crippen LogP contribution in [0.2, 0.25) is 0 Å². The number of aliphatic hydroxyl groups is 1. The van der Waals surface area contributed by atoms with Crippen LogP contribution in [0.5, 0.6) is 11.5 Å². The van der Waals surface area contributed by atoms with E-state index in [-0.39, 0.29) is 5.56 Å². The molecule has 0 unspecified atom stereocenters. The number of rotatable bonds is 4. The number of halogens is 5. The van der Waals surface area contributed by atoms with Gasteiger partial charge in [-0.25, -0.2) is 0 Å². The predicted octanol–water partition coefficient (Wildman–Crippen LogP) is 2.68. The summed E-state index contributed by atoms with van der Waals surface area (Å²) in [6.45, 7) is -3.88. The Kier molecular flexibility index (Phi) is 4.11. The molecule has 0 spiro atoms. The molecule has 0 aromatic heterocycles. The maximum absolute atomic E-state index is 12.0. The van der Waals surface area contributed by atoms with Crippen molar-refractivity contribution in [3.05, 3.63) is 23.8 Å². The predicted molar refractivity (Wildman–Crippen MR) is 45.7 cm³/mol. The van der Waals surface area contributed by atoms with Crippen LogP contribution in [0.25, 0.3) is 0 Å². The fraction of sp³-hybridized carbons (Fsp3) is 0.333. The molecule has 0 saturated heterocycles. The summed E-state index contributed by atoms with van der Waals surface area (Å²) >= 11 is 0. The molecule has 96 valence electrons. The Bertz CT molecular complexity index is 377. The Morgan fingerprint density at radius 2 is 1.88 bits per heavy atom. The van der Waals surface area contributed by atoms with Crippen LogP contribution in [0.1, 0.15) is 5.56 Å². The quantitative estimate of drug-likeness (QED) is 0.844. The van der Waals surface area contributed by atoms with Crippen LogP contribution >= 0.6 is 0 Å². The summed E-state index contributed by atoms with van der Waals surface area (Å²) in [5, 5.41) is 8.75. The van der Waals surface area contributed by atoms with E-state index in [1.165, 1.54) is 0 Å². The standard InChI is InChI=1S/C9H7F5O3/c10-8(11)16-6-2-1-5(4-15)7(3-6)17-9(12,13)14/h1-3,8,15H,4H2.